The van der Waals surface area contributed by atoms with E-state index in [2.05, 4.69) is 5.32 Å². The SMILES string of the molecule is CNCC1CCN(OC(=O)C(C)(C)C)CC1. The van der Waals surface area contributed by atoms with E-state index in [9.17, 15) is 4.79 Å². The molecule has 16 heavy (non-hydrogen) atoms. The van der Waals surface area contributed by atoms with Gasteiger partial charge in [0.2, 0.25) is 0 Å². The van der Waals surface area contributed by atoms with Gasteiger partial charge in [0.25, 0.3) is 0 Å². The first-order valence-electron chi connectivity index (χ1n) is 6.05. The first-order valence-corrected chi connectivity index (χ1v) is 6.05. The summed E-state index contributed by atoms with van der Waals surface area (Å²) < 4.78 is 0. The lowest BCUT2D eigenvalue weighted by molar-refractivity contribution is -0.205. The fourth-order valence-corrected chi connectivity index (χ4v) is 1.75. The van der Waals surface area contributed by atoms with Gasteiger partial charge in [0.15, 0.2) is 0 Å². The van der Waals surface area contributed by atoms with Gasteiger partial charge in [-0.3, -0.25) is 0 Å². The van der Waals surface area contributed by atoms with Gasteiger partial charge in [-0.05, 0) is 53.1 Å². The summed E-state index contributed by atoms with van der Waals surface area (Å²) in [5, 5.41) is 5.00. The Hall–Kier alpha value is -0.610. The van der Waals surface area contributed by atoms with Gasteiger partial charge >= 0.3 is 5.97 Å². The van der Waals surface area contributed by atoms with Crippen LogP contribution in [0.1, 0.15) is 33.6 Å². The fourth-order valence-electron chi connectivity index (χ4n) is 1.75. The summed E-state index contributed by atoms with van der Waals surface area (Å²) in [6, 6.07) is 0. The van der Waals surface area contributed by atoms with Crippen molar-refractivity contribution in [1.29, 1.82) is 0 Å². The smallest absolute Gasteiger partial charge is 0.330 e. The van der Waals surface area contributed by atoms with Gasteiger partial charge in [-0.2, -0.15) is 0 Å². The first-order chi connectivity index (χ1) is 7.43. The quantitative estimate of drug-likeness (QED) is 0.793. The maximum atomic E-state index is 11.7. The molecule has 0 atom stereocenters. The number of carbonyl (C=O) groups is 1. The van der Waals surface area contributed by atoms with Crippen molar-refractivity contribution in [2.24, 2.45) is 11.3 Å². The normalized spacial score (nSPS) is 19.8. The van der Waals surface area contributed by atoms with E-state index in [0.29, 0.717) is 0 Å². The molecular formula is C12H24N2O2. The van der Waals surface area contributed by atoms with Gasteiger partial charge < -0.3 is 10.2 Å². The lowest BCUT2D eigenvalue weighted by atomic mass is 9.97. The van der Waals surface area contributed by atoms with Crippen LogP contribution in [0, 0.1) is 11.3 Å². The molecule has 4 heteroatoms. The first kappa shape index (κ1) is 13.5. The summed E-state index contributed by atoms with van der Waals surface area (Å²) in [5.74, 6) is 0.578. The number of nitrogens with one attached hydrogen (secondary N) is 1. The van der Waals surface area contributed by atoms with Crippen LogP contribution in [0.4, 0.5) is 0 Å². The molecule has 0 bridgehead atoms. The maximum absolute atomic E-state index is 11.7. The molecule has 0 aliphatic carbocycles. The maximum Gasteiger partial charge on any atom is 0.330 e. The number of hydrogen-bond donors (Lipinski definition) is 1. The minimum Gasteiger partial charge on any atom is -0.367 e. The van der Waals surface area contributed by atoms with E-state index in [0.717, 1.165) is 38.4 Å². The van der Waals surface area contributed by atoms with Crippen molar-refractivity contribution >= 4 is 5.97 Å². The van der Waals surface area contributed by atoms with E-state index in [1.165, 1.54) is 0 Å². The predicted octanol–water partition coefficient (Wildman–Crippen LogP) is 1.42. The third-order valence-corrected chi connectivity index (χ3v) is 2.89. The zero-order valence-electron chi connectivity index (χ0n) is 10.9. The van der Waals surface area contributed by atoms with Crippen molar-refractivity contribution in [1.82, 2.24) is 10.4 Å². The van der Waals surface area contributed by atoms with E-state index in [4.69, 9.17) is 4.84 Å². The highest BCUT2D eigenvalue weighted by atomic mass is 16.7. The molecule has 1 fully saturated rings. The predicted molar refractivity (Wildman–Crippen MR) is 63.8 cm³/mol. The van der Waals surface area contributed by atoms with Crippen molar-refractivity contribution in [2.75, 3.05) is 26.7 Å². The molecule has 0 unspecified atom stereocenters. The Balaban J connectivity index is 2.30. The highest BCUT2D eigenvalue weighted by Gasteiger charge is 2.28. The molecule has 1 N–H and O–H groups in total. The standard InChI is InChI=1S/C12H24N2O2/c1-12(2,3)11(15)16-14-7-5-10(6-8-14)9-13-4/h10,13H,5-9H2,1-4H3. The second kappa shape index (κ2) is 5.64. The average Bonchev–Trinajstić information content (AvgIpc) is 2.20. The monoisotopic (exact) mass is 228 g/mol. The average molecular weight is 228 g/mol. The Morgan fingerprint density at radius 2 is 1.94 bits per heavy atom. The molecule has 0 spiro atoms. The van der Waals surface area contributed by atoms with Crippen molar-refractivity contribution < 1.29 is 9.63 Å². The van der Waals surface area contributed by atoms with Crippen molar-refractivity contribution in [3.05, 3.63) is 0 Å². The number of nitrogens with zero attached hydrogens (tertiary/aromatic N) is 1. The van der Waals surface area contributed by atoms with E-state index in [1.54, 1.807) is 5.06 Å². The second-order valence-electron chi connectivity index (χ2n) is 5.56. The van der Waals surface area contributed by atoms with Crippen LogP contribution in [0.2, 0.25) is 0 Å². The molecule has 94 valence electrons. The van der Waals surface area contributed by atoms with Gasteiger partial charge in [0, 0.05) is 13.1 Å². The Labute approximate surface area is 98.3 Å². The number of hydroxylamine groups is 2. The van der Waals surface area contributed by atoms with Crippen molar-refractivity contribution in [3.63, 3.8) is 0 Å². The van der Waals surface area contributed by atoms with Crippen LogP contribution in [-0.4, -0.2) is 37.7 Å². The fraction of sp³-hybridized carbons (Fsp3) is 0.917. The molecule has 1 saturated heterocycles. The zero-order valence-corrected chi connectivity index (χ0v) is 10.9. The molecule has 0 aromatic heterocycles. The number of rotatable bonds is 3. The minimum atomic E-state index is -0.415. The van der Waals surface area contributed by atoms with Crippen LogP contribution < -0.4 is 5.32 Å². The second-order valence-corrected chi connectivity index (χ2v) is 5.56. The zero-order chi connectivity index (χ0) is 12.2. The van der Waals surface area contributed by atoms with Crippen molar-refractivity contribution in [2.45, 2.75) is 33.6 Å². The number of piperidine rings is 1. The Morgan fingerprint density at radius 3 is 2.38 bits per heavy atom. The highest BCUT2D eigenvalue weighted by Crippen LogP contribution is 2.20. The Bertz CT molecular complexity index is 228. The number of carbonyl (C=O) groups excluding carboxylic acids is 1. The van der Waals surface area contributed by atoms with Gasteiger partial charge in [0.05, 0.1) is 5.41 Å². The van der Waals surface area contributed by atoms with E-state index in [-0.39, 0.29) is 5.97 Å². The highest BCUT2D eigenvalue weighted by molar-refractivity contribution is 5.75. The van der Waals surface area contributed by atoms with Crippen LogP contribution in [0.5, 0.6) is 0 Å². The van der Waals surface area contributed by atoms with Gasteiger partial charge in [0.1, 0.15) is 0 Å². The summed E-state index contributed by atoms with van der Waals surface area (Å²) >= 11 is 0. The van der Waals surface area contributed by atoms with Gasteiger partial charge in [-0.1, -0.05) is 0 Å². The molecule has 1 heterocycles. The summed E-state index contributed by atoms with van der Waals surface area (Å²) in [5.41, 5.74) is -0.415. The molecule has 1 aliphatic heterocycles. The lowest BCUT2D eigenvalue weighted by Gasteiger charge is -2.32. The molecule has 0 aromatic rings. The van der Waals surface area contributed by atoms with Crippen molar-refractivity contribution in [3.8, 4) is 0 Å². The molecular weight excluding hydrogens is 204 g/mol. The van der Waals surface area contributed by atoms with E-state index in [1.807, 2.05) is 27.8 Å². The van der Waals surface area contributed by atoms with Crippen LogP contribution >= 0.6 is 0 Å². The third kappa shape index (κ3) is 4.10. The van der Waals surface area contributed by atoms with Crippen LogP contribution in [0.3, 0.4) is 0 Å². The molecule has 1 rings (SSSR count). The topological polar surface area (TPSA) is 41.6 Å². The third-order valence-electron chi connectivity index (χ3n) is 2.89. The Kier molecular flexibility index (Phi) is 4.74. The Morgan fingerprint density at radius 1 is 1.38 bits per heavy atom. The van der Waals surface area contributed by atoms with Gasteiger partial charge in [-0.15, -0.1) is 5.06 Å². The molecule has 0 saturated carbocycles. The molecule has 0 aromatic carbocycles. The minimum absolute atomic E-state index is 0.139. The van der Waals surface area contributed by atoms with Crippen LogP contribution in [0.25, 0.3) is 0 Å². The summed E-state index contributed by atoms with van der Waals surface area (Å²) in [4.78, 5) is 17.0. The van der Waals surface area contributed by atoms with E-state index < -0.39 is 5.41 Å². The lowest BCUT2D eigenvalue weighted by Crippen LogP contribution is -2.40. The van der Waals surface area contributed by atoms with Crippen LogP contribution in [-0.2, 0) is 9.63 Å². The van der Waals surface area contributed by atoms with Crippen LogP contribution in [0.15, 0.2) is 0 Å². The molecule has 1 aliphatic rings. The van der Waals surface area contributed by atoms with Gasteiger partial charge in [-0.25, -0.2) is 4.79 Å². The number of hydrogen-bond acceptors (Lipinski definition) is 4. The summed E-state index contributed by atoms with van der Waals surface area (Å²) in [6.07, 6.45) is 2.19. The molecule has 0 amide bonds. The molecule has 0 radical (unpaired) electrons. The molecule has 4 nitrogen and oxygen atoms in total. The van der Waals surface area contributed by atoms with E-state index >= 15 is 0 Å². The largest absolute Gasteiger partial charge is 0.367 e. The summed E-state index contributed by atoms with van der Waals surface area (Å²) in [7, 11) is 1.98. The summed E-state index contributed by atoms with van der Waals surface area (Å²) in [6.45, 7) is 8.40.